The maximum Gasteiger partial charge on any atom is 0.251 e. The topological polar surface area (TPSA) is 47.6 Å². The highest BCUT2D eigenvalue weighted by Crippen LogP contribution is 2.29. The second kappa shape index (κ2) is 9.43. The normalized spacial score (nSPS) is 14.7. The molecule has 1 aliphatic carbocycles. The van der Waals surface area contributed by atoms with Gasteiger partial charge in [-0.3, -0.25) is 4.79 Å². The predicted octanol–water partition coefficient (Wildman–Crippen LogP) is 4.18. The van der Waals surface area contributed by atoms with Crippen LogP contribution in [0, 0.1) is 5.92 Å². The first kappa shape index (κ1) is 17.6. The fraction of sp³-hybridized carbons (Fsp3) is 0.632. The minimum absolute atomic E-state index is 0.0413. The quantitative estimate of drug-likeness (QED) is 0.694. The molecular formula is C19H29NO3. The van der Waals surface area contributed by atoms with Gasteiger partial charge in [-0.2, -0.15) is 0 Å². The summed E-state index contributed by atoms with van der Waals surface area (Å²) in [6.45, 7) is 5.72. The van der Waals surface area contributed by atoms with Crippen LogP contribution < -0.4 is 14.8 Å². The average molecular weight is 319 g/mol. The monoisotopic (exact) mass is 319 g/mol. The number of ether oxygens (including phenoxy) is 2. The van der Waals surface area contributed by atoms with Gasteiger partial charge in [0.05, 0.1) is 13.2 Å². The zero-order chi connectivity index (χ0) is 16.5. The summed E-state index contributed by atoms with van der Waals surface area (Å²) >= 11 is 0. The Morgan fingerprint density at radius 1 is 1.13 bits per heavy atom. The number of hydrogen-bond donors (Lipinski definition) is 1. The molecule has 4 heteroatoms. The Balaban J connectivity index is 1.84. The first-order chi connectivity index (χ1) is 11.2. The van der Waals surface area contributed by atoms with E-state index < -0.39 is 0 Å². The third-order valence-electron chi connectivity index (χ3n) is 4.36. The molecule has 0 atom stereocenters. The molecule has 0 saturated heterocycles. The number of carbonyl (C=O) groups excluding carboxylic acids is 1. The van der Waals surface area contributed by atoms with E-state index in [0.29, 0.717) is 30.3 Å². The van der Waals surface area contributed by atoms with Crippen molar-refractivity contribution in [3.05, 3.63) is 23.8 Å². The van der Waals surface area contributed by atoms with Crippen molar-refractivity contribution in [1.29, 1.82) is 0 Å². The standard InChI is InChI=1S/C19H29NO3/c1-3-22-17-12-11-16(14-18(17)23-4-2)19(21)20-13-7-10-15-8-5-6-9-15/h11-12,14-15H,3-10,13H2,1-2H3,(H,20,21). The Kier molecular flexibility index (Phi) is 7.24. The minimum atomic E-state index is -0.0413. The van der Waals surface area contributed by atoms with Crippen molar-refractivity contribution in [3.8, 4) is 11.5 Å². The van der Waals surface area contributed by atoms with E-state index in [1.54, 1.807) is 12.1 Å². The Morgan fingerprint density at radius 3 is 2.52 bits per heavy atom. The summed E-state index contributed by atoms with van der Waals surface area (Å²) in [5.41, 5.74) is 0.623. The lowest BCUT2D eigenvalue weighted by Gasteiger charge is -2.13. The molecule has 1 amide bonds. The van der Waals surface area contributed by atoms with Crippen LogP contribution in [0.25, 0.3) is 0 Å². The summed E-state index contributed by atoms with van der Waals surface area (Å²) in [6.07, 6.45) is 7.78. The lowest BCUT2D eigenvalue weighted by Crippen LogP contribution is -2.24. The van der Waals surface area contributed by atoms with Crippen LogP contribution in [0.1, 0.15) is 62.7 Å². The molecule has 128 valence electrons. The van der Waals surface area contributed by atoms with E-state index >= 15 is 0 Å². The van der Waals surface area contributed by atoms with Crippen LogP contribution >= 0.6 is 0 Å². The van der Waals surface area contributed by atoms with Gasteiger partial charge in [-0.1, -0.05) is 25.7 Å². The van der Waals surface area contributed by atoms with Gasteiger partial charge in [-0.25, -0.2) is 0 Å². The highest BCUT2D eigenvalue weighted by molar-refractivity contribution is 5.94. The van der Waals surface area contributed by atoms with Gasteiger partial charge in [0, 0.05) is 12.1 Å². The molecule has 2 rings (SSSR count). The number of carbonyl (C=O) groups is 1. The van der Waals surface area contributed by atoms with Crippen molar-refractivity contribution in [2.24, 2.45) is 5.92 Å². The van der Waals surface area contributed by atoms with Gasteiger partial charge in [-0.05, 0) is 50.8 Å². The molecule has 1 N–H and O–H groups in total. The molecule has 23 heavy (non-hydrogen) atoms. The first-order valence-electron chi connectivity index (χ1n) is 8.92. The summed E-state index contributed by atoms with van der Waals surface area (Å²) in [6, 6.07) is 5.36. The fourth-order valence-electron chi connectivity index (χ4n) is 3.19. The zero-order valence-corrected chi connectivity index (χ0v) is 14.4. The third-order valence-corrected chi connectivity index (χ3v) is 4.36. The van der Waals surface area contributed by atoms with E-state index in [-0.39, 0.29) is 5.91 Å². The van der Waals surface area contributed by atoms with E-state index in [9.17, 15) is 4.79 Å². The van der Waals surface area contributed by atoms with Gasteiger partial charge in [0.1, 0.15) is 0 Å². The van der Waals surface area contributed by atoms with Crippen LogP contribution in [0.15, 0.2) is 18.2 Å². The van der Waals surface area contributed by atoms with E-state index in [1.165, 1.54) is 32.1 Å². The van der Waals surface area contributed by atoms with Crippen molar-refractivity contribution in [2.75, 3.05) is 19.8 Å². The molecule has 0 unspecified atom stereocenters. The van der Waals surface area contributed by atoms with Crippen molar-refractivity contribution in [3.63, 3.8) is 0 Å². The summed E-state index contributed by atoms with van der Waals surface area (Å²) in [7, 11) is 0. The van der Waals surface area contributed by atoms with Gasteiger partial charge in [0.25, 0.3) is 5.91 Å². The highest BCUT2D eigenvalue weighted by Gasteiger charge is 2.15. The van der Waals surface area contributed by atoms with Crippen LogP contribution in [0.2, 0.25) is 0 Å². The van der Waals surface area contributed by atoms with Crippen molar-refractivity contribution in [2.45, 2.75) is 52.4 Å². The zero-order valence-electron chi connectivity index (χ0n) is 14.4. The molecule has 0 radical (unpaired) electrons. The van der Waals surface area contributed by atoms with Crippen LogP contribution in [0.4, 0.5) is 0 Å². The summed E-state index contributed by atoms with van der Waals surface area (Å²) in [4.78, 5) is 12.3. The first-order valence-corrected chi connectivity index (χ1v) is 8.92. The maximum absolute atomic E-state index is 12.3. The molecule has 0 bridgehead atoms. The smallest absolute Gasteiger partial charge is 0.251 e. The van der Waals surface area contributed by atoms with E-state index in [0.717, 1.165) is 18.9 Å². The van der Waals surface area contributed by atoms with E-state index in [2.05, 4.69) is 5.32 Å². The highest BCUT2D eigenvalue weighted by atomic mass is 16.5. The second-order valence-electron chi connectivity index (χ2n) is 6.08. The molecule has 0 spiro atoms. The molecule has 0 aromatic heterocycles. The molecule has 1 saturated carbocycles. The summed E-state index contributed by atoms with van der Waals surface area (Å²) < 4.78 is 11.1. The number of benzene rings is 1. The average Bonchev–Trinajstić information content (AvgIpc) is 3.07. The largest absolute Gasteiger partial charge is 0.490 e. The van der Waals surface area contributed by atoms with Gasteiger partial charge < -0.3 is 14.8 Å². The van der Waals surface area contributed by atoms with Crippen LogP contribution in [0.5, 0.6) is 11.5 Å². The van der Waals surface area contributed by atoms with Crippen LogP contribution in [-0.2, 0) is 0 Å². The van der Waals surface area contributed by atoms with Gasteiger partial charge in [-0.15, -0.1) is 0 Å². The number of rotatable bonds is 9. The minimum Gasteiger partial charge on any atom is -0.490 e. The molecule has 1 fully saturated rings. The third kappa shape index (κ3) is 5.45. The number of hydrogen-bond acceptors (Lipinski definition) is 3. The fourth-order valence-corrected chi connectivity index (χ4v) is 3.19. The van der Waals surface area contributed by atoms with Gasteiger partial charge in [0.15, 0.2) is 11.5 Å². The Bertz CT molecular complexity index is 495. The molecule has 1 aromatic carbocycles. The van der Waals surface area contributed by atoms with Crippen molar-refractivity contribution >= 4 is 5.91 Å². The molecule has 0 heterocycles. The Morgan fingerprint density at radius 2 is 1.83 bits per heavy atom. The summed E-state index contributed by atoms with van der Waals surface area (Å²) in [5, 5.41) is 3.01. The van der Waals surface area contributed by atoms with Gasteiger partial charge >= 0.3 is 0 Å². The maximum atomic E-state index is 12.3. The summed E-state index contributed by atoms with van der Waals surface area (Å²) in [5.74, 6) is 2.16. The molecule has 1 aromatic rings. The van der Waals surface area contributed by atoms with Crippen LogP contribution in [0.3, 0.4) is 0 Å². The lowest BCUT2D eigenvalue weighted by atomic mass is 10.0. The molecular weight excluding hydrogens is 290 g/mol. The Labute approximate surface area is 139 Å². The van der Waals surface area contributed by atoms with E-state index in [1.807, 2.05) is 19.9 Å². The van der Waals surface area contributed by atoms with E-state index in [4.69, 9.17) is 9.47 Å². The second-order valence-corrected chi connectivity index (χ2v) is 6.08. The molecule has 4 nitrogen and oxygen atoms in total. The lowest BCUT2D eigenvalue weighted by molar-refractivity contribution is 0.0952. The van der Waals surface area contributed by atoms with Gasteiger partial charge in [0.2, 0.25) is 0 Å². The molecule has 0 aliphatic heterocycles. The number of nitrogens with one attached hydrogen (secondary N) is 1. The molecule has 1 aliphatic rings. The van der Waals surface area contributed by atoms with Crippen molar-refractivity contribution < 1.29 is 14.3 Å². The van der Waals surface area contributed by atoms with Crippen LogP contribution in [-0.4, -0.2) is 25.7 Å². The van der Waals surface area contributed by atoms with Crippen molar-refractivity contribution in [1.82, 2.24) is 5.32 Å². The SMILES string of the molecule is CCOc1ccc(C(=O)NCCCC2CCCC2)cc1OCC. The number of amides is 1. The predicted molar refractivity (Wildman–Crippen MR) is 92.3 cm³/mol. The Hall–Kier alpha value is -1.71.